The highest BCUT2D eigenvalue weighted by molar-refractivity contribution is 6.32. The van der Waals surface area contributed by atoms with E-state index in [1.165, 1.54) is 18.9 Å². The zero-order chi connectivity index (χ0) is 12.3. The lowest BCUT2D eigenvalue weighted by molar-refractivity contribution is -0.125. The van der Waals surface area contributed by atoms with Gasteiger partial charge < -0.3 is 14.7 Å². The minimum absolute atomic E-state index is 0.388. The SMILES string of the molecule is COc1ccc(N(C)C(=O)C(C)O)cc1Cl. The Morgan fingerprint density at radius 1 is 1.56 bits per heavy atom. The molecule has 1 unspecified atom stereocenters. The zero-order valence-corrected chi connectivity index (χ0v) is 10.2. The van der Waals surface area contributed by atoms with Crippen LogP contribution in [0.1, 0.15) is 6.92 Å². The Kier molecular flexibility index (Phi) is 4.15. The second-order valence-corrected chi connectivity index (χ2v) is 3.80. The van der Waals surface area contributed by atoms with Gasteiger partial charge in [0, 0.05) is 12.7 Å². The summed E-state index contributed by atoms with van der Waals surface area (Å²) in [6.07, 6.45) is -1.04. The quantitative estimate of drug-likeness (QED) is 0.879. The van der Waals surface area contributed by atoms with Crippen LogP contribution < -0.4 is 9.64 Å². The summed E-state index contributed by atoms with van der Waals surface area (Å²) >= 11 is 5.93. The molecule has 16 heavy (non-hydrogen) atoms. The molecule has 1 aromatic carbocycles. The molecule has 1 atom stereocenters. The third-order valence-electron chi connectivity index (χ3n) is 2.21. The molecule has 1 N–H and O–H groups in total. The topological polar surface area (TPSA) is 49.8 Å². The highest BCUT2D eigenvalue weighted by Crippen LogP contribution is 2.28. The minimum Gasteiger partial charge on any atom is -0.495 e. The summed E-state index contributed by atoms with van der Waals surface area (Å²) in [7, 11) is 3.10. The number of nitrogens with zero attached hydrogens (tertiary/aromatic N) is 1. The molecule has 0 spiro atoms. The number of carbonyl (C=O) groups is 1. The highest BCUT2D eigenvalue weighted by Gasteiger charge is 2.16. The van der Waals surface area contributed by atoms with Gasteiger partial charge in [0.2, 0.25) is 0 Å². The number of benzene rings is 1. The molecule has 5 heteroatoms. The molecule has 1 aromatic rings. The van der Waals surface area contributed by atoms with Gasteiger partial charge in [-0.25, -0.2) is 0 Å². The van der Waals surface area contributed by atoms with Crippen LogP contribution in [0.25, 0.3) is 0 Å². The average Bonchev–Trinajstić information content (AvgIpc) is 2.26. The van der Waals surface area contributed by atoms with Crippen molar-refractivity contribution in [2.45, 2.75) is 13.0 Å². The monoisotopic (exact) mass is 243 g/mol. The van der Waals surface area contributed by atoms with Gasteiger partial charge in [0.25, 0.3) is 5.91 Å². The van der Waals surface area contributed by atoms with E-state index in [9.17, 15) is 9.90 Å². The first-order chi connectivity index (χ1) is 7.47. The van der Waals surface area contributed by atoms with Gasteiger partial charge in [0.05, 0.1) is 12.1 Å². The van der Waals surface area contributed by atoms with Crippen LogP contribution in [0.2, 0.25) is 5.02 Å². The van der Waals surface area contributed by atoms with Crippen molar-refractivity contribution in [1.29, 1.82) is 0 Å². The summed E-state index contributed by atoms with van der Waals surface area (Å²) in [4.78, 5) is 12.9. The first-order valence-electron chi connectivity index (χ1n) is 4.76. The smallest absolute Gasteiger partial charge is 0.255 e. The maximum atomic E-state index is 11.5. The first kappa shape index (κ1) is 12.8. The van der Waals surface area contributed by atoms with E-state index in [1.807, 2.05) is 0 Å². The Bertz CT molecular complexity index is 393. The van der Waals surface area contributed by atoms with Gasteiger partial charge in [-0.1, -0.05) is 11.6 Å². The summed E-state index contributed by atoms with van der Waals surface area (Å²) in [5.74, 6) is 0.157. The van der Waals surface area contributed by atoms with Gasteiger partial charge >= 0.3 is 0 Å². The number of aliphatic hydroxyl groups excluding tert-OH is 1. The van der Waals surface area contributed by atoms with Crippen molar-refractivity contribution in [3.63, 3.8) is 0 Å². The Balaban J connectivity index is 2.97. The van der Waals surface area contributed by atoms with Crippen LogP contribution in [0.5, 0.6) is 5.75 Å². The normalized spacial score (nSPS) is 12.1. The van der Waals surface area contributed by atoms with Crippen LogP contribution >= 0.6 is 11.6 Å². The van der Waals surface area contributed by atoms with Crippen molar-refractivity contribution < 1.29 is 14.6 Å². The molecule has 88 valence electrons. The Morgan fingerprint density at radius 2 is 2.19 bits per heavy atom. The fourth-order valence-corrected chi connectivity index (χ4v) is 1.52. The molecule has 0 heterocycles. The predicted molar refractivity (Wildman–Crippen MR) is 63.1 cm³/mol. The van der Waals surface area contributed by atoms with Crippen molar-refractivity contribution in [3.05, 3.63) is 23.2 Å². The number of amides is 1. The molecule has 0 aliphatic heterocycles. The lowest BCUT2D eigenvalue weighted by atomic mass is 10.2. The van der Waals surface area contributed by atoms with Gasteiger partial charge in [-0.05, 0) is 25.1 Å². The van der Waals surface area contributed by atoms with E-state index in [0.29, 0.717) is 16.5 Å². The van der Waals surface area contributed by atoms with E-state index in [-0.39, 0.29) is 5.91 Å². The van der Waals surface area contributed by atoms with E-state index in [4.69, 9.17) is 16.3 Å². The van der Waals surface area contributed by atoms with Gasteiger partial charge in [-0.2, -0.15) is 0 Å². The Labute approximate surface area is 99.4 Å². The maximum Gasteiger partial charge on any atom is 0.255 e. The minimum atomic E-state index is -1.04. The third kappa shape index (κ3) is 2.65. The molecule has 0 saturated carbocycles. The standard InChI is InChI=1S/C11H14ClNO3/c1-7(14)11(15)13(2)8-4-5-10(16-3)9(12)6-8/h4-7,14H,1-3H3. The molecule has 1 amide bonds. The molecule has 0 fully saturated rings. The molecule has 1 rings (SSSR count). The van der Waals surface area contributed by atoms with Crippen molar-refractivity contribution in [1.82, 2.24) is 0 Å². The molecular formula is C11H14ClNO3. The van der Waals surface area contributed by atoms with Gasteiger partial charge in [0.1, 0.15) is 11.9 Å². The van der Waals surface area contributed by atoms with Crippen LogP contribution in [0.15, 0.2) is 18.2 Å². The van der Waals surface area contributed by atoms with E-state index in [2.05, 4.69) is 0 Å². The first-order valence-corrected chi connectivity index (χ1v) is 5.14. The summed E-state index contributed by atoms with van der Waals surface area (Å²) in [5.41, 5.74) is 0.608. The lowest BCUT2D eigenvalue weighted by Crippen LogP contribution is -2.34. The molecule has 0 bridgehead atoms. The number of ether oxygens (including phenoxy) is 1. The van der Waals surface area contributed by atoms with E-state index in [0.717, 1.165) is 0 Å². The molecule has 0 saturated heterocycles. The van der Waals surface area contributed by atoms with Crippen LogP contribution in [-0.2, 0) is 4.79 Å². The Morgan fingerprint density at radius 3 is 2.62 bits per heavy atom. The van der Waals surface area contributed by atoms with Crippen LogP contribution in [0.4, 0.5) is 5.69 Å². The average molecular weight is 244 g/mol. The lowest BCUT2D eigenvalue weighted by Gasteiger charge is -2.19. The molecule has 0 aliphatic rings. The van der Waals surface area contributed by atoms with Crippen LogP contribution in [0, 0.1) is 0 Å². The number of anilines is 1. The third-order valence-corrected chi connectivity index (χ3v) is 2.51. The number of rotatable bonds is 3. The van der Waals surface area contributed by atoms with Crippen molar-refractivity contribution in [2.24, 2.45) is 0 Å². The number of hydrogen-bond acceptors (Lipinski definition) is 3. The van der Waals surface area contributed by atoms with E-state index >= 15 is 0 Å². The van der Waals surface area contributed by atoms with E-state index < -0.39 is 6.10 Å². The highest BCUT2D eigenvalue weighted by atomic mass is 35.5. The van der Waals surface area contributed by atoms with Crippen molar-refractivity contribution >= 4 is 23.2 Å². The molecule has 0 radical (unpaired) electrons. The second kappa shape index (κ2) is 5.18. The number of carbonyl (C=O) groups excluding carboxylic acids is 1. The number of likely N-dealkylation sites (N-methyl/N-ethyl adjacent to an activating group) is 1. The van der Waals surface area contributed by atoms with E-state index in [1.54, 1.807) is 25.2 Å². The maximum absolute atomic E-state index is 11.5. The molecule has 0 aromatic heterocycles. The largest absolute Gasteiger partial charge is 0.495 e. The van der Waals surface area contributed by atoms with Crippen LogP contribution in [-0.4, -0.2) is 31.3 Å². The van der Waals surface area contributed by atoms with Crippen molar-refractivity contribution in [2.75, 3.05) is 19.1 Å². The number of hydrogen-bond donors (Lipinski definition) is 1. The number of aliphatic hydroxyl groups is 1. The fraction of sp³-hybridized carbons (Fsp3) is 0.364. The van der Waals surface area contributed by atoms with Gasteiger partial charge in [-0.3, -0.25) is 4.79 Å². The summed E-state index contributed by atoms with van der Waals surface area (Å²) in [6, 6.07) is 4.98. The predicted octanol–water partition coefficient (Wildman–Crippen LogP) is 1.69. The number of halogens is 1. The van der Waals surface area contributed by atoms with Gasteiger partial charge in [0.15, 0.2) is 0 Å². The molecule has 0 aliphatic carbocycles. The summed E-state index contributed by atoms with van der Waals surface area (Å²) in [6.45, 7) is 1.42. The summed E-state index contributed by atoms with van der Waals surface area (Å²) < 4.78 is 5.00. The Hall–Kier alpha value is -1.26. The van der Waals surface area contributed by atoms with Gasteiger partial charge in [-0.15, -0.1) is 0 Å². The van der Waals surface area contributed by atoms with Crippen molar-refractivity contribution in [3.8, 4) is 5.75 Å². The summed E-state index contributed by atoms with van der Waals surface area (Å²) in [5, 5.41) is 9.60. The van der Waals surface area contributed by atoms with Crippen LogP contribution in [0.3, 0.4) is 0 Å². The number of methoxy groups -OCH3 is 1. The molecule has 4 nitrogen and oxygen atoms in total. The second-order valence-electron chi connectivity index (χ2n) is 3.39. The fourth-order valence-electron chi connectivity index (χ4n) is 1.27. The zero-order valence-electron chi connectivity index (χ0n) is 9.40. The molecular weight excluding hydrogens is 230 g/mol.